The first-order chi connectivity index (χ1) is 15.7. The van der Waals surface area contributed by atoms with Gasteiger partial charge < -0.3 is 11.1 Å². The van der Waals surface area contributed by atoms with Crippen LogP contribution in [0.2, 0.25) is 0 Å². The van der Waals surface area contributed by atoms with E-state index in [4.69, 9.17) is 5.73 Å². The monoisotopic (exact) mass is 426 g/mol. The number of nitrogens with one attached hydrogen (secondary N) is 1. The second-order valence-corrected chi connectivity index (χ2v) is 9.01. The van der Waals surface area contributed by atoms with E-state index in [-0.39, 0.29) is 11.8 Å². The Hall–Kier alpha value is -2.91. The molecule has 1 amide bonds. The number of rotatable bonds is 9. The van der Waals surface area contributed by atoms with Crippen LogP contribution in [-0.4, -0.2) is 18.5 Å². The van der Waals surface area contributed by atoms with Crippen LogP contribution in [0.1, 0.15) is 48.8 Å². The summed E-state index contributed by atoms with van der Waals surface area (Å²) in [6.07, 6.45) is 6.43. The molecule has 1 aliphatic rings. The lowest BCUT2D eigenvalue weighted by Gasteiger charge is -2.43. The minimum absolute atomic E-state index is 0.171. The Bertz CT molecular complexity index is 932. The van der Waals surface area contributed by atoms with Crippen molar-refractivity contribution in [2.24, 2.45) is 11.7 Å². The van der Waals surface area contributed by atoms with Crippen molar-refractivity contribution in [3.8, 4) is 0 Å². The summed E-state index contributed by atoms with van der Waals surface area (Å²) in [5, 5.41) is 3.78. The van der Waals surface area contributed by atoms with Crippen LogP contribution in [0.25, 0.3) is 0 Å². The fourth-order valence-electron chi connectivity index (χ4n) is 5.54. The van der Waals surface area contributed by atoms with Crippen molar-refractivity contribution in [2.45, 2.75) is 50.0 Å². The van der Waals surface area contributed by atoms with E-state index in [0.29, 0.717) is 6.04 Å². The van der Waals surface area contributed by atoms with Crippen LogP contribution in [0.15, 0.2) is 91.0 Å². The summed E-state index contributed by atoms with van der Waals surface area (Å²) in [5.74, 6) is -0.0743. The molecule has 166 valence electrons. The maximum Gasteiger partial charge on any atom is 0.232 e. The molecule has 0 saturated heterocycles. The molecule has 0 aromatic heterocycles. The Labute approximate surface area is 192 Å². The number of carbonyl (C=O) groups excluding carboxylic acids is 1. The van der Waals surface area contributed by atoms with Gasteiger partial charge in [-0.05, 0) is 61.3 Å². The molecule has 3 nitrogen and oxygen atoms in total. The van der Waals surface area contributed by atoms with Crippen molar-refractivity contribution in [3.05, 3.63) is 108 Å². The van der Waals surface area contributed by atoms with Gasteiger partial charge in [0.25, 0.3) is 0 Å². The molecule has 0 bridgehead atoms. The Morgan fingerprint density at radius 1 is 0.844 bits per heavy atom. The Balaban J connectivity index is 1.52. The Morgan fingerprint density at radius 2 is 1.41 bits per heavy atom. The zero-order valence-electron chi connectivity index (χ0n) is 18.8. The molecule has 1 fully saturated rings. The predicted molar refractivity (Wildman–Crippen MR) is 131 cm³/mol. The molecule has 0 spiro atoms. The van der Waals surface area contributed by atoms with Crippen LogP contribution < -0.4 is 11.1 Å². The standard InChI is InChI=1S/C29H34N2O/c30-28(32)29(24-15-6-2-7-16-24,25-17-8-3-9-18-25)26-19-10-20-27(22-26)31-21-11-14-23-12-4-1-5-13-23/h1-9,12-13,15-18,26-27,31H,10-11,14,19-22H2,(H2,30,32)/t26-,27-/m0/s1. The fourth-order valence-corrected chi connectivity index (χ4v) is 5.54. The van der Waals surface area contributed by atoms with Gasteiger partial charge in [0, 0.05) is 6.04 Å². The van der Waals surface area contributed by atoms with Gasteiger partial charge in [0.05, 0.1) is 0 Å². The summed E-state index contributed by atoms with van der Waals surface area (Å²) >= 11 is 0. The first kappa shape index (κ1) is 22.3. The first-order valence-corrected chi connectivity index (χ1v) is 11.9. The molecule has 32 heavy (non-hydrogen) atoms. The molecule has 0 unspecified atom stereocenters. The molecule has 3 aromatic carbocycles. The van der Waals surface area contributed by atoms with Crippen molar-refractivity contribution in [1.82, 2.24) is 5.32 Å². The number of hydrogen-bond donors (Lipinski definition) is 2. The third kappa shape index (κ3) is 4.78. The Morgan fingerprint density at radius 3 is 1.97 bits per heavy atom. The van der Waals surface area contributed by atoms with E-state index in [1.807, 2.05) is 36.4 Å². The van der Waals surface area contributed by atoms with Gasteiger partial charge in [-0.25, -0.2) is 0 Å². The normalized spacial score (nSPS) is 18.9. The molecule has 3 heteroatoms. The van der Waals surface area contributed by atoms with Crippen molar-refractivity contribution >= 4 is 5.91 Å². The van der Waals surface area contributed by atoms with E-state index < -0.39 is 5.41 Å². The Kier molecular flexibility index (Phi) is 7.39. The summed E-state index contributed by atoms with van der Waals surface area (Å²) in [6.45, 7) is 0.993. The highest BCUT2D eigenvalue weighted by Gasteiger charge is 2.48. The number of benzene rings is 3. The molecule has 1 aliphatic carbocycles. The quantitative estimate of drug-likeness (QED) is 0.460. The van der Waals surface area contributed by atoms with E-state index in [1.54, 1.807) is 0 Å². The lowest BCUT2D eigenvalue weighted by atomic mass is 9.60. The fraction of sp³-hybridized carbons (Fsp3) is 0.345. The molecule has 0 aliphatic heterocycles. The molecule has 1 saturated carbocycles. The van der Waals surface area contributed by atoms with Crippen molar-refractivity contribution in [2.75, 3.05) is 6.54 Å². The highest BCUT2D eigenvalue weighted by atomic mass is 16.1. The first-order valence-electron chi connectivity index (χ1n) is 11.9. The lowest BCUT2D eigenvalue weighted by Crippen LogP contribution is -2.51. The summed E-state index contributed by atoms with van der Waals surface area (Å²) in [5.41, 5.74) is 8.84. The second kappa shape index (κ2) is 10.6. The zero-order valence-corrected chi connectivity index (χ0v) is 18.8. The largest absolute Gasteiger partial charge is 0.369 e. The van der Waals surface area contributed by atoms with Crippen LogP contribution >= 0.6 is 0 Å². The molecule has 3 N–H and O–H groups in total. The topological polar surface area (TPSA) is 55.1 Å². The second-order valence-electron chi connectivity index (χ2n) is 9.01. The van der Waals surface area contributed by atoms with E-state index >= 15 is 0 Å². The summed E-state index contributed by atoms with van der Waals surface area (Å²) < 4.78 is 0. The molecule has 2 atom stereocenters. The number of primary amides is 1. The van der Waals surface area contributed by atoms with Gasteiger partial charge in [0.15, 0.2) is 0 Å². The van der Waals surface area contributed by atoms with Crippen molar-refractivity contribution in [3.63, 3.8) is 0 Å². The zero-order chi connectivity index (χ0) is 22.2. The van der Waals surface area contributed by atoms with Crippen molar-refractivity contribution in [1.29, 1.82) is 0 Å². The van der Waals surface area contributed by atoms with Gasteiger partial charge in [-0.15, -0.1) is 0 Å². The van der Waals surface area contributed by atoms with Gasteiger partial charge in [-0.2, -0.15) is 0 Å². The van der Waals surface area contributed by atoms with E-state index in [2.05, 4.69) is 59.9 Å². The highest BCUT2D eigenvalue weighted by Crippen LogP contribution is 2.45. The lowest BCUT2D eigenvalue weighted by molar-refractivity contribution is -0.124. The van der Waals surface area contributed by atoms with E-state index in [9.17, 15) is 4.79 Å². The number of amides is 1. The summed E-state index contributed by atoms with van der Waals surface area (Å²) in [7, 11) is 0. The number of hydrogen-bond acceptors (Lipinski definition) is 2. The summed E-state index contributed by atoms with van der Waals surface area (Å²) in [4.78, 5) is 13.2. The maximum absolute atomic E-state index is 13.2. The number of nitrogens with two attached hydrogens (primary N) is 1. The SMILES string of the molecule is NC(=O)C(c1ccccc1)(c1ccccc1)[C@H]1CCC[C@H](NCCCc2ccccc2)C1. The average molecular weight is 427 g/mol. The highest BCUT2D eigenvalue weighted by molar-refractivity contribution is 5.91. The molecular formula is C29H34N2O. The minimum Gasteiger partial charge on any atom is -0.369 e. The minimum atomic E-state index is -0.799. The van der Waals surface area contributed by atoms with Crippen LogP contribution in [0.4, 0.5) is 0 Å². The number of aryl methyl sites for hydroxylation is 1. The maximum atomic E-state index is 13.2. The summed E-state index contributed by atoms with van der Waals surface area (Å²) in [6, 6.07) is 31.4. The molecule has 4 rings (SSSR count). The van der Waals surface area contributed by atoms with Crippen LogP contribution in [0.5, 0.6) is 0 Å². The smallest absolute Gasteiger partial charge is 0.232 e. The molecule has 3 aromatic rings. The van der Waals surface area contributed by atoms with Gasteiger partial charge in [-0.3, -0.25) is 4.79 Å². The average Bonchev–Trinajstić information content (AvgIpc) is 2.84. The van der Waals surface area contributed by atoms with E-state index in [0.717, 1.165) is 56.2 Å². The van der Waals surface area contributed by atoms with Gasteiger partial charge in [0.1, 0.15) is 5.41 Å². The van der Waals surface area contributed by atoms with Crippen LogP contribution in [0.3, 0.4) is 0 Å². The third-order valence-corrected chi connectivity index (χ3v) is 7.05. The number of carbonyl (C=O) groups is 1. The van der Waals surface area contributed by atoms with Gasteiger partial charge in [-0.1, -0.05) is 97.4 Å². The molecule has 0 heterocycles. The predicted octanol–water partition coefficient (Wildman–Crippen LogP) is 5.24. The van der Waals surface area contributed by atoms with Crippen LogP contribution in [0, 0.1) is 5.92 Å². The van der Waals surface area contributed by atoms with Gasteiger partial charge in [0.2, 0.25) is 5.91 Å². The molecular weight excluding hydrogens is 392 g/mol. The molecule has 0 radical (unpaired) electrons. The van der Waals surface area contributed by atoms with E-state index in [1.165, 1.54) is 5.56 Å². The third-order valence-electron chi connectivity index (χ3n) is 7.05. The van der Waals surface area contributed by atoms with Crippen molar-refractivity contribution < 1.29 is 4.79 Å². The van der Waals surface area contributed by atoms with Crippen LogP contribution in [-0.2, 0) is 16.6 Å². The van der Waals surface area contributed by atoms with Gasteiger partial charge >= 0.3 is 0 Å².